The lowest BCUT2D eigenvalue weighted by molar-refractivity contribution is -0.145. The van der Waals surface area contributed by atoms with Crippen LogP contribution >= 0.6 is 23.2 Å². The van der Waals surface area contributed by atoms with Crippen LogP contribution in [0.5, 0.6) is 0 Å². The first-order valence-corrected chi connectivity index (χ1v) is 7.34. The molecule has 0 radical (unpaired) electrons. The van der Waals surface area contributed by atoms with E-state index >= 15 is 0 Å². The van der Waals surface area contributed by atoms with Crippen LogP contribution in [0.15, 0.2) is 0 Å². The van der Waals surface area contributed by atoms with Crippen LogP contribution in [0.1, 0.15) is 25.7 Å². The van der Waals surface area contributed by atoms with Gasteiger partial charge in [0.15, 0.2) is 0 Å². The molecule has 17 heavy (non-hydrogen) atoms. The van der Waals surface area contributed by atoms with Crippen molar-refractivity contribution in [1.29, 1.82) is 0 Å². The van der Waals surface area contributed by atoms with Crippen molar-refractivity contribution < 1.29 is 9.53 Å². The zero-order valence-corrected chi connectivity index (χ0v) is 11.5. The molecular formula is C13H18Cl2O2. The van der Waals surface area contributed by atoms with Crippen molar-refractivity contribution in [3.63, 3.8) is 0 Å². The maximum atomic E-state index is 11.5. The number of rotatable bonds is 2. The summed E-state index contributed by atoms with van der Waals surface area (Å²) in [5.74, 6) is 2.57. The Balaban J connectivity index is 1.79. The lowest BCUT2D eigenvalue weighted by Gasteiger charge is -2.58. The minimum atomic E-state index is -0.0891. The summed E-state index contributed by atoms with van der Waals surface area (Å²) in [5, 5.41) is 0.434. The van der Waals surface area contributed by atoms with Gasteiger partial charge in [-0.15, -0.1) is 23.2 Å². The van der Waals surface area contributed by atoms with Gasteiger partial charge in [-0.3, -0.25) is 4.79 Å². The summed E-state index contributed by atoms with van der Waals surface area (Å²) in [5.41, 5.74) is 0. The Morgan fingerprint density at radius 2 is 1.82 bits per heavy atom. The van der Waals surface area contributed by atoms with Gasteiger partial charge in [-0.25, -0.2) is 0 Å². The highest BCUT2D eigenvalue weighted by atomic mass is 35.5. The summed E-state index contributed by atoms with van der Waals surface area (Å²) in [6.45, 7) is 0. The zero-order valence-electron chi connectivity index (χ0n) is 9.94. The lowest BCUT2D eigenvalue weighted by atomic mass is 9.51. The van der Waals surface area contributed by atoms with E-state index in [2.05, 4.69) is 0 Å². The fourth-order valence-corrected chi connectivity index (χ4v) is 5.57. The van der Waals surface area contributed by atoms with E-state index in [0.717, 1.165) is 12.8 Å². The van der Waals surface area contributed by atoms with E-state index in [1.165, 1.54) is 13.5 Å². The zero-order chi connectivity index (χ0) is 12.2. The summed E-state index contributed by atoms with van der Waals surface area (Å²) in [6.07, 6.45) is 3.95. The van der Waals surface area contributed by atoms with Crippen LogP contribution in [0.3, 0.4) is 0 Å². The lowest BCUT2D eigenvalue weighted by Crippen LogP contribution is -2.57. The number of ether oxygens (including phenoxy) is 1. The summed E-state index contributed by atoms with van der Waals surface area (Å²) in [4.78, 5) is 11.5. The standard InChI is InChI=1S/C13H18Cl2O2/c1-17-11(16)5-8-6-2-7-4-9(8)13(15)10(3-6)12(7)14/h6-10,12-13H,2-5H2,1H3. The van der Waals surface area contributed by atoms with Crippen LogP contribution in [-0.4, -0.2) is 23.8 Å². The molecule has 4 rings (SSSR count). The van der Waals surface area contributed by atoms with Crippen molar-refractivity contribution in [3.8, 4) is 0 Å². The number of hydrogen-bond acceptors (Lipinski definition) is 2. The summed E-state index contributed by atoms with van der Waals surface area (Å²) in [7, 11) is 1.46. The minimum absolute atomic E-state index is 0.0891. The first-order valence-electron chi connectivity index (χ1n) is 6.46. The van der Waals surface area contributed by atoms with E-state index < -0.39 is 0 Å². The smallest absolute Gasteiger partial charge is 0.305 e. The van der Waals surface area contributed by atoms with Crippen LogP contribution in [0.25, 0.3) is 0 Å². The van der Waals surface area contributed by atoms with Gasteiger partial charge >= 0.3 is 5.97 Å². The van der Waals surface area contributed by atoms with Crippen molar-refractivity contribution >= 4 is 29.2 Å². The third-order valence-corrected chi connectivity index (χ3v) is 6.55. The van der Waals surface area contributed by atoms with Gasteiger partial charge in [0.1, 0.15) is 0 Å². The number of alkyl halides is 2. The third kappa shape index (κ3) is 1.79. The Kier molecular flexibility index (Phi) is 3.07. The maximum absolute atomic E-state index is 11.5. The molecule has 4 aliphatic rings. The molecule has 96 valence electrons. The van der Waals surface area contributed by atoms with Crippen molar-refractivity contribution in [3.05, 3.63) is 0 Å². The van der Waals surface area contributed by atoms with Gasteiger partial charge in [-0.2, -0.15) is 0 Å². The molecule has 7 unspecified atom stereocenters. The predicted octanol–water partition coefficient (Wildman–Crippen LogP) is 3.06. The Morgan fingerprint density at radius 3 is 2.53 bits per heavy atom. The van der Waals surface area contributed by atoms with Gasteiger partial charge in [0.05, 0.1) is 7.11 Å². The number of carbonyl (C=O) groups excluding carboxylic acids is 1. The molecule has 4 heteroatoms. The molecule has 0 saturated heterocycles. The maximum Gasteiger partial charge on any atom is 0.305 e. The second-order valence-electron chi connectivity index (χ2n) is 5.89. The number of carbonyl (C=O) groups is 1. The van der Waals surface area contributed by atoms with Crippen LogP contribution < -0.4 is 0 Å². The van der Waals surface area contributed by atoms with Gasteiger partial charge in [-0.1, -0.05) is 0 Å². The highest BCUT2D eigenvalue weighted by molar-refractivity contribution is 6.24. The molecule has 0 aromatic carbocycles. The van der Waals surface area contributed by atoms with Crippen molar-refractivity contribution in [2.75, 3.05) is 7.11 Å². The largest absolute Gasteiger partial charge is 0.469 e. The molecule has 0 aromatic heterocycles. The van der Waals surface area contributed by atoms with Crippen LogP contribution in [0.4, 0.5) is 0 Å². The predicted molar refractivity (Wildman–Crippen MR) is 67.2 cm³/mol. The normalized spacial score (nSPS) is 51.6. The Bertz CT molecular complexity index is 333. The molecule has 0 N–H and O–H groups in total. The Labute approximate surface area is 112 Å². The van der Waals surface area contributed by atoms with Crippen LogP contribution in [-0.2, 0) is 9.53 Å². The average molecular weight is 277 g/mol. The number of halogens is 2. The highest BCUT2D eigenvalue weighted by Gasteiger charge is 2.57. The van der Waals surface area contributed by atoms with Gasteiger partial charge < -0.3 is 4.74 Å². The third-order valence-electron chi connectivity index (χ3n) is 5.22. The second kappa shape index (κ2) is 4.31. The molecule has 4 saturated carbocycles. The molecular weight excluding hydrogens is 259 g/mol. The molecule has 4 bridgehead atoms. The van der Waals surface area contributed by atoms with E-state index in [-0.39, 0.29) is 16.7 Å². The molecule has 0 heterocycles. The van der Waals surface area contributed by atoms with Crippen molar-refractivity contribution in [1.82, 2.24) is 0 Å². The second-order valence-corrected chi connectivity index (χ2v) is 6.90. The van der Waals surface area contributed by atoms with E-state index in [4.69, 9.17) is 27.9 Å². The fourth-order valence-electron chi connectivity index (χ4n) is 4.48. The number of methoxy groups -OCH3 is 1. The first kappa shape index (κ1) is 12.1. The van der Waals surface area contributed by atoms with Crippen molar-refractivity contribution in [2.24, 2.45) is 29.6 Å². The molecule has 2 nitrogen and oxygen atoms in total. The van der Waals surface area contributed by atoms with Crippen LogP contribution in [0, 0.1) is 29.6 Å². The van der Waals surface area contributed by atoms with Crippen molar-refractivity contribution in [2.45, 2.75) is 36.4 Å². The van der Waals surface area contributed by atoms with E-state index in [9.17, 15) is 4.79 Å². The summed E-state index contributed by atoms with van der Waals surface area (Å²) < 4.78 is 4.80. The monoisotopic (exact) mass is 276 g/mol. The molecule has 7 atom stereocenters. The molecule has 4 fully saturated rings. The Morgan fingerprint density at radius 1 is 1.12 bits per heavy atom. The Hall–Kier alpha value is 0.0500. The summed E-state index contributed by atoms with van der Waals surface area (Å²) >= 11 is 13.0. The minimum Gasteiger partial charge on any atom is -0.469 e. The molecule has 0 amide bonds. The van der Waals surface area contributed by atoms with Gasteiger partial charge in [0, 0.05) is 17.2 Å². The van der Waals surface area contributed by atoms with Crippen LogP contribution in [0.2, 0.25) is 0 Å². The SMILES string of the molecule is COC(=O)CC1C2CC3CC1C(Cl)C(C2)C3Cl. The molecule has 4 aliphatic carbocycles. The van der Waals surface area contributed by atoms with E-state index in [0.29, 0.717) is 36.0 Å². The van der Waals surface area contributed by atoms with Gasteiger partial charge in [0.25, 0.3) is 0 Å². The topological polar surface area (TPSA) is 26.3 Å². The first-order chi connectivity index (χ1) is 8.11. The number of hydrogen-bond donors (Lipinski definition) is 0. The molecule has 0 aromatic rings. The quantitative estimate of drug-likeness (QED) is 0.573. The molecule has 0 spiro atoms. The number of esters is 1. The highest BCUT2D eigenvalue weighted by Crippen LogP contribution is 2.60. The summed E-state index contributed by atoms with van der Waals surface area (Å²) in [6, 6.07) is 0. The average Bonchev–Trinajstić information content (AvgIpc) is 2.32. The van der Waals surface area contributed by atoms with E-state index in [1.807, 2.05) is 0 Å². The van der Waals surface area contributed by atoms with Gasteiger partial charge in [-0.05, 0) is 48.9 Å². The fraction of sp³-hybridized carbons (Fsp3) is 0.923. The molecule has 0 aliphatic heterocycles. The van der Waals surface area contributed by atoms with E-state index in [1.54, 1.807) is 0 Å². The van der Waals surface area contributed by atoms with Gasteiger partial charge in [0.2, 0.25) is 0 Å².